The molecule has 2 nitrogen and oxygen atoms in total. The molecule has 0 radical (unpaired) electrons. The average molecular weight is 331 g/mol. The average Bonchev–Trinajstić information content (AvgIpc) is 2.55. The van der Waals surface area contributed by atoms with Crippen molar-refractivity contribution in [2.45, 2.75) is 104 Å². The van der Waals surface area contributed by atoms with E-state index in [9.17, 15) is 0 Å². The molecule has 0 spiro atoms. The second-order valence-electron chi connectivity index (χ2n) is 6.74. The van der Waals surface area contributed by atoms with Crippen molar-refractivity contribution in [1.82, 2.24) is 0 Å². The highest BCUT2D eigenvalue weighted by molar-refractivity contribution is 6.67. The summed E-state index contributed by atoms with van der Waals surface area (Å²) in [5.74, 6) is 0.767. The number of rotatable bonds is 16. The molecule has 0 amide bonds. The van der Waals surface area contributed by atoms with Crippen LogP contribution in [0.2, 0.25) is 12.1 Å². The van der Waals surface area contributed by atoms with Crippen LogP contribution in [0, 0.1) is 5.92 Å². The largest absolute Gasteiger partial charge is 0.394 e. The van der Waals surface area contributed by atoms with Crippen molar-refractivity contribution in [1.29, 1.82) is 0 Å². The highest BCUT2D eigenvalue weighted by atomic mass is 28.4. The summed E-state index contributed by atoms with van der Waals surface area (Å²) in [7, 11) is -1.90. The van der Waals surface area contributed by atoms with E-state index in [-0.39, 0.29) is 0 Å². The van der Waals surface area contributed by atoms with E-state index in [0.717, 1.165) is 31.2 Å². The molecule has 0 N–H and O–H groups in total. The summed E-state index contributed by atoms with van der Waals surface area (Å²) in [5, 5.41) is 0. The zero-order valence-electron chi connectivity index (χ0n) is 16.1. The quantitative estimate of drug-likeness (QED) is 0.232. The van der Waals surface area contributed by atoms with Gasteiger partial charge in [0.1, 0.15) is 0 Å². The minimum absolute atomic E-state index is 0.767. The molecule has 3 heteroatoms. The minimum Gasteiger partial charge on any atom is -0.394 e. The molecule has 134 valence electrons. The molecule has 0 saturated carbocycles. The van der Waals surface area contributed by atoms with Crippen molar-refractivity contribution < 1.29 is 8.85 Å². The third-order valence-corrected chi connectivity index (χ3v) is 8.48. The molecule has 22 heavy (non-hydrogen) atoms. The molecule has 0 aromatic carbocycles. The Kier molecular flexibility index (Phi) is 14.8. The Morgan fingerprint density at radius 3 is 1.82 bits per heavy atom. The number of hydrogen-bond acceptors (Lipinski definition) is 2. The fourth-order valence-corrected chi connectivity index (χ4v) is 5.07. The minimum atomic E-state index is -1.90. The summed E-state index contributed by atoms with van der Waals surface area (Å²) in [5.41, 5.74) is 0. The molecule has 0 saturated heterocycles. The van der Waals surface area contributed by atoms with Crippen LogP contribution >= 0.6 is 0 Å². The van der Waals surface area contributed by atoms with Crippen LogP contribution in [0.4, 0.5) is 0 Å². The van der Waals surface area contributed by atoms with Crippen LogP contribution in [0.1, 0.15) is 92.4 Å². The Labute approximate surface area is 141 Å². The summed E-state index contributed by atoms with van der Waals surface area (Å²) in [4.78, 5) is 0. The highest BCUT2D eigenvalue weighted by Crippen LogP contribution is 2.21. The molecule has 0 aliphatic heterocycles. The lowest BCUT2D eigenvalue weighted by atomic mass is 10.1. The molecule has 0 rings (SSSR count). The van der Waals surface area contributed by atoms with Gasteiger partial charge in [-0.1, -0.05) is 79.6 Å². The highest BCUT2D eigenvalue weighted by Gasteiger charge is 2.33. The summed E-state index contributed by atoms with van der Waals surface area (Å²) < 4.78 is 12.6. The van der Waals surface area contributed by atoms with Crippen molar-refractivity contribution in [3.05, 3.63) is 0 Å². The van der Waals surface area contributed by atoms with Gasteiger partial charge in [0, 0.05) is 13.2 Å². The van der Waals surface area contributed by atoms with Crippen LogP contribution in [-0.2, 0) is 8.85 Å². The molecular weight excluding hydrogens is 288 g/mol. The van der Waals surface area contributed by atoms with Crippen LogP contribution in [0.5, 0.6) is 0 Å². The molecule has 0 fully saturated rings. The van der Waals surface area contributed by atoms with Crippen molar-refractivity contribution in [2.75, 3.05) is 13.2 Å². The van der Waals surface area contributed by atoms with Crippen LogP contribution < -0.4 is 0 Å². The van der Waals surface area contributed by atoms with Gasteiger partial charge in [0.15, 0.2) is 0 Å². The van der Waals surface area contributed by atoms with E-state index in [1.54, 1.807) is 0 Å². The first-order valence-electron chi connectivity index (χ1n) is 9.91. The lowest BCUT2D eigenvalue weighted by Gasteiger charge is -2.29. The third-order valence-electron chi connectivity index (χ3n) is 4.86. The molecule has 1 atom stereocenters. The molecule has 0 bridgehead atoms. The van der Waals surface area contributed by atoms with Crippen molar-refractivity contribution in [2.24, 2.45) is 5.92 Å². The monoisotopic (exact) mass is 330 g/mol. The maximum atomic E-state index is 6.29. The van der Waals surface area contributed by atoms with E-state index >= 15 is 0 Å². The van der Waals surface area contributed by atoms with Crippen LogP contribution in [-0.4, -0.2) is 21.8 Å². The molecule has 0 aliphatic rings. The summed E-state index contributed by atoms with van der Waals surface area (Å²) in [6, 6.07) is 2.17. The zero-order valence-corrected chi connectivity index (χ0v) is 17.1. The van der Waals surface area contributed by atoms with E-state index in [4.69, 9.17) is 8.85 Å². The van der Waals surface area contributed by atoms with Gasteiger partial charge >= 0.3 is 8.56 Å². The van der Waals surface area contributed by atoms with Gasteiger partial charge in [-0.3, -0.25) is 0 Å². The Morgan fingerprint density at radius 1 is 0.727 bits per heavy atom. The second kappa shape index (κ2) is 14.7. The Morgan fingerprint density at radius 2 is 1.27 bits per heavy atom. The number of unbranched alkanes of at least 4 members (excludes halogenated alkanes) is 6. The molecule has 0 aromatic heterocycles. The fourth-order valence-electron chi connectivity index (χ4n) is 2.67. The summed E-state index contributed by atoms with van der Waals surface area (Å²) in [6.45, 7) is 13.1. The normalized spacial score (nSPS) is 13.5. The van der Waals surface area contributed by atoms with Gasteiger partial charge in [-0.05, 0) is 30.8 Å². The molecule has 0 aliphatic carbocycles. The first-order valence-corrected chi connectivity index (χ1v) is 12.1. The molecular formula is C19H42O2Si. The lowest BCUT2D eigenvalue weighted by molar-refractivity contribution is 0.157. The molecule has 1 unspecified atom stereocenters. The predicted octanol–water partition coefficient (Wildman–Crippen LogP) is 6.69. The third kappa shape index (κ3) is 10.8. The van der Waals surface area contributed by atoms with Gasteiger partial charge in [-0.15, -0.1) is 0 Å². The Balaban J connectivity index is 3.82. The summed E-state index contributed by atoms with van der Waals surface area (Å²) >= 11 is 0. The maximum Gasteiger partial charge on any atom is 0.337 e. The molecule has 0 heterocycles. The fraction of sp³-hybridized carbons (Fsp3) is 1.00. The van der Waals surface area contributed by atoms with Gasteiger partial charge in [0.25, 0.3) is 0 Å². The van der Waals surface area contributed by atoms with Gasteiger partial charge in [-0.25, -0.2) is 0 Å². The van der Waals surface area contributed by atoms with E-state index in [1.165, 1.54) is 57.8 Å². The Bertz CT molecular complexity index is 229. The topological polar surface area (TPSA) is 18.5 Å². The Hall–Kier alpha value is 0.137. The smallest absolute Gasteiger partial charge is 0.337 e. The van der Waals surface area contributed by atoms with Crippen LogP contribution in [0.15, 0.2) is 0 Å². The van der Waals surface area contributed by atoms with Crippen molar-refractivity contribution in [3.8, 4) is 0 Å². The van der Waals surface area contributed by atoms with Crippen LogP contribution in [0.3, 0.4) is 0 Å². The van der Waals surface area contributed by atoms with Gasteiger partial charge in [0.2, 0.25) is 0 Å². The second-order valence-corrected chi connectivity index (χ2v) is 10.6. The lowest BCUT2D eigenvalue weighted by Crippen LogP contribution is -2.41. The van der Waals surface area contributed by atoms with E-state index < -0.39 is 8.56 Å². The van der Waals surface area contributed by atoms with Gasteiger partial charge in [-0.2, -0.15) is 0 Å². The zero-order chi connectivity index (χ0) is 16.7. The maximum absolute atomic E-state index is 6.29. The predicted molar refractivity (Wildman–Crippen MR) is 101 cm³/mol. The van der Waals surface area contributed by atoms with E-state index in [1.807, 2.05) is 0 Å². The standard InChI is InChI=1S/C19H42O2Si/c1-6-10-11-12-13-14-15-17-20-22(8-3,9-4)21-18-16-19(5)7-2/h19H,6-18H2,1-5H3. The van der Waals surface area contributed by atoms with E-state index in [0.29, 0.717) is 0 Å². The van der Waals surface area contributed by atoms with Gasteiger partial charge in [0.05, 0.1) is 0 Å². The van der Waals surface area contributed by atoms with Crippen molar-refractivity contribution >= 4 is 8.56 Å². The first-order chi connectivity index (χ1) is 10.6. The van der Waals surface area contributed by atoms with Crippen molar-refractivity contribution in [3.63, 3.8) is 0 Å². The molecule has 0 aromatic rings. The van der Waals surface area contributed by atoms with Crippen LogP contribution in [0.25, 0.3) is 0 Å². The van der Waals surface area contributed by atoms with E-state index in [2.05, 4.69) is 34.6 Å². The first kappa shape index (κ1) is 22.1. The number of hydrogen-bond donors (Lipinski definition) is 0. The summed E-state index contributed by atoms with van der Waals surface area (Å²) in [6.07, 6.45) is 11.8. The SMILES string of the molecule is CCCCCCCCCO[Si](CC)(CC)OCCC(C)CC. The van der Waals surface area contributed by atoms with Gasteiger partial charge < -0.3 is 8.85 Å².